The van der Waals surface area contributed by atoms with E-state index in [1.807, 2.05) is 42.6 Å². The summed E-state index contributed by atoms with van der Waals surface area (Å²) in [6.45, 7) is 0. The summed E-state index contributed by atoms with van der Waals surface area (Å²) in [7, 11) is 0. The van der Waals surface area contributed by atoms with E-state index in [1.165, 1.54) is 0 Å². The van der Waals surface area contributed by atoms with E-state index in [1.54, 1.807) is 0 Å². The lowest BCUT2D eigenvalue weighted by Crippen LogP contribution is -2.24. The monoisotopic (exact) mass is 276 g/mol. The zero-order chi connectivity index (χ0) is 14.2. The number of hydrogen-bond acceptors (Lipinski definition) is 3. The summed E-state index contributed by atoms with van der Waals surface area (Å²) in [6, 6.07) is 18.3. The molecule has 21 heavy (non-hydrogen) atoms. The predicted octanol–water partition coefficient (Wildman–Crippen LogP) is 3.76. The lowest BCUT2D eigenvalue weighted by Gasteiger charge is -2.30. The van der Waals surface area contributed by atoms with Gasteiger partial charge in [-0.15, -0.1) is 0 Å². The van der Waals surface area contributed by atoms with E-state index >= 15 is 0 Å². The summed E-state index contributed by atoms with van der Waals surface area (Å²) in [6.07, 6.45) is 2.60. The van der Waals surface area contributed by atoms with Gasteiger partial charge in [0.2, 0.25) is 0 Å². The molecule has 0 fully saturated rings. The number of nitrogens with zero attached hydrogens (tertiary/aromatic N) is 1. The van der Waals surface area contributed by atoms with Crippen LogP contribution in [0.5, 0.6) is 5.75 Å². The van der Waals surface area contributed by atoms with Gasteiger partial charge in [0.15, 0.2) is 0 Å². The van der Waals surface area contributed by atoms with Gasteiger partial charge in [0, 0.05) is 29.6 Å². The first-order valence-corrected chi connectivity index (χ1v) is 7.17. The van der Waals surface area contributed by atoms with Crippen LogP contribution >= 0.6 is 0 Å². The predicted molar refractivity (Wildman–Crippen MR) is 83.1 cm³/mol. The van der Waals surface area contributed by atoms with Crippen LogP contribution in [-0.4, -0.2) is 4.98 Å². The van der Waals surface area contributed by atoms with Crippen molar-refractivity contribution in [3.05, 3.63) is 71.9 Å². The van der Waals surface area contributed by atoms with E-state index in [-0.39, 0.29) is 12.1 Å². The third-order valence-electron chi connectivity index (χ3n) is 4.05. The number of pyridine rings is 1. The molecule has 1 aliphatic rings. The Kier molecular flexibility index (Phi) is 2.86. The second-order valence-corrected chi connectivity index (χ2v) is 5.44. The minimum atomic E-state index is -0.000457. The summed E-state index contributed by atoms with van der Waals surface area (Å²) in [5.74, 6) is 0.896. The molecule has 2 atom stereocenters. The lowest BCUT2D eigenvalue weighted by atomic mass is 9.93. The Labute approximate surface area is 123 Å². The topological polar surface area (TPSA) is 48.1 Å². The van der Waals surface area contributed by atoms with Crippen molar-refractivity contribution in [2.75, 3.05) is 0 Å². The number of para-hydroxylation sites is 1. The van der Waals surface area contributed by atoms with Crippen LogP contribution in [0.2, 0.25) is 0 Å². The lowest BCUT2D eigenvalue weighted by molar-refractivity contribution is 0.161. The quantitative estimate of drug-likeness (QED) is 0.736. The smallest absolute Gasteiger partial charge is 0.126 e. The summed E-state index contributed by atoms with van der Waals surface area (Å²) in [4.78, 5) is 4.35. The molecule has 1 aliphatic heterocycles. The maximum atomic E-state index is 6.29. The SMILES string of the molecule is N[C@@H]1CC(c2ccc3ncccc3c2)Oc2ccccc21. The average molecular weight is 276 g/mol. The Hall–Kier alpha value is -2.39. The fourth-order valence-electron chi connectivity index (χ4n) is 2.95. The molecule has 1 aromatic heterocycles. The van der Waals surface area contributed by atoms with Gasteiger partial charge in [-0.25, -0.2) is 0 Å². The zero-order valence-electron chi connectivity index (χ0n) is 11.6. The van der Waals surface area contributed by atoms with Crippen molar-refractivity contribution in [2.24, 2.45) is 5.73 Å². The molecule has 0 bridgehead atoms. The molecule has 3 aromatic rings. The number of benzene rings is 2. The van der Waals surface area contributed by atoms with E-state index in [4.69, 9.17) is 10.5 Å². The van der Waals surface area contributed by atoms with Gasteiger partial charge < -0.3 is 10.5 Å². The average Bonchev–Trinajstić information content (AvgIpc) is 2.54. The molecule has 0 radical (unpaired) electrons. The van der Waals surface area contributed by atoms with Crippen molar-refractivity contribution < 1.29 is 4.74 Å². The number of aromatic nitrogens is 1. The van der Waals surface area contributed by atoms with E-state index in [9.17, 15) is 0 Å². The molecule has 3 nitrogen and oxygen atoms in total. The standard InChI is InChI=1S/C18H16N2O/c19-15-11-18(21-17-6-2-1-5-14(15)17)13-7-8-16-12(10-13)4-3-9-20-16/h1-10,15,18H,11,19H2/t15-,18?/m1/s1. The van der Waals surface area contributed by atoms with E-state index in [0.717, 1.165) is 34.2 Å². The number of nitrogens with two attached hydrogens (primary N) is 1. The van der Waals surface area contributed by atoms with Gasteiger partial charge in [-0.2, -0.15) is 0 Å². The molecule has 2 aromatic carbocycles. The van der Waals surface area contributed by atoms with Crippen LogP contribution in [0, 0.1) is 0 Å². The zero-order valence-corrected chi connectivity index (χ0v) is 11.6. The first kappa shape index (κ1) is 12.4. The van der Waals surface area contributed by atoms with Crippen LogP contribution in [0.3, 0.4) is 0 Å². The number of hydrogen-bond donors (Lipinski definition) is 1. The molecule has 2 heterocycles. The summed E-state index contributed by atoms with van der Waals surface area (Å²) < 4.78 is 6.14. The Morgan fingerprint density at radius 2 is 1.95 bits per heavy atom. The highest BCUT2D eigenvalue weighted by molar-refractivity contribution is 5.79. The Balaban J connectivity index is 1.73. The molecular formula is C18H16N2O. The van der Waals surface area contributed by atoms with Crippen LogP contribution < -0.4 is 10.5 Å². The van der Waals surface area contributed by atoms with Crippen LogP contribution in [0.1, 0.15) is 29.7 Å². The molecule has 1 unspecified atom stereocenters. The molecule has 0 aliphatic carbocycles. The van der Waals surface area contributed by atoms with Crippen molar-refractivity contribution in [1.82, 2.24) is 4.98 Å². The third-order valence-corrected chi connectivity index (χ3v) is 4.05. The second kappa shape index (κ2) is 4.86. The largest absolute Gasteiger partial charge is 0.485 e. The molecule has 0 spiro atoms. The van der Waals surface area contributed by atoms with Crippen molar-refractivity contribution in [3.8, 4) is 5.75 Å². The van der Waals surface area contributed by atoms with Gasteiger partial charge in [-0.3, -0.25) is 4.98 Å². The van der Waals surface area contributed by atoms with Crippen molar-refractivity contribution in [1.29, 1.82) is 0 Å². The molecule has 104 valence electrons. The van der Waals surface area contributed by atoms with Crippen LogP contribution in [-0.2, 0) is 0 Å². The Morgan fingerprint density at radius 3 is 2.90 bits per heavy atom. The van der Waals surface area contributed by atoms with Crippen molar-refractivity contribution in [2.45, 2.75) is 18.6 Å². The van der Waals surface area contributed by atoms with E-state index < -0.39 is 0 Å². The third kappa shape index (κ3) is 2.16. The highest BCUT2D eigenvalue weighted by atomic mass is 16.5. The molecular weight excluding hydrogens is 260 g/mol. The molecule has 4 rings (SSSR count). The number of fused-ring (bicyclic) bond motifs is 2. The molecule has 0 saturated carbocycles. The fraction of sp³-hybridized carbons (Fsp3) is 0.167. The van der Waals surface area contributed by atoms with E-state index in [2.05, 4.69) is 23.2 Å². The van der Waals surface area contributed by atoms with Crippen LogP contribution in [0.25, 0.3) is 10.9 Å². The summed E-state index contributed by atoms with van der Waals surface area (Å²) in [5.41, 5.74) is 9.54. The second-order valence-electron chi connectivity index (χ2n) is 5.44. The maximum absolute atomic E-state index is 6.29. The van der Waals surface area contributed by atoms with Crippen LogP contribution in [0.15, 0.2) is 60.8 Å². The minimum Gasteiger partial charge on any atom is -0.485 e. The Morgan fingerprint density at radius 1 is 1.05 bits per heavy atom. The summed E-state index contributed by atoms with van der Waals surface area (Å²) in [5, 5.41) is 1.13. The highest BCUT2D eigenvalue weighted by Crippen LogP contribution is 2.39. The molecule has 2 N–H and O–H groups in total. The molecule has 0 amide bonds. The fourth-order valence-corrected chi connectivity index (χ4v) is 2.95. The first-order chi connectivity index (χ1) is 10.3. The van der Waals surface area contributed by atoms with Gasteiger partial charge in [0.05, 0.1) is 5.52 Å². The first-order valence-electron chi connectivity index (χ1n) is 7.17. The molecule has 0 saturated heterocycles. The minimum absolute atomic E-state index is 0.000457. The van der Waals surface area contributed by atoms with Gasteiger partial charge >= 0.3 is 0 Å². The van der Waals surface area contributed by atoms with Gasteiger partial charge in [-0.05, 0) is 29.8 Å². The molecule has 3 heteroatoms. The van der Waals surface area contributed by atoms with Crippen molar-refractivity contribution >= 4 is 10.9 Å². The van der Waals surface area contributed by atoms with Gasteiger partial charge in [0.1, 0.15) is 11.9 Å². The van der Waals surface area contributed by atoms with Gasteiger partial charge in [0.25, 0.3) is 0 Å². The maximum Gasteiger partial charge on any atom is 0.126 e. The Bertz CT molecular complexity index is 800. The highest BCUT2D eigenvalue weighted by Gasteiger charge is 2.26. The number of rotatable bonds is 1. The number of ether oxygens (including phenoxy) is 1. The van der Waals surface area contributed by atoms with Gasteiger partial charge in [-0.1, -0.05) is 30.3 Å². The van der Waals surface area contributed by atoms with E-state index in [0.29, 0.717) is 0 Å². The van der Waals surface area contributed by atoms with Crippen molar-refractivity contribution in [3.63, 3.8) is 0 Å². The summed E-state index contributed by atoms with van der Waals surface area (Å²) >= 11 is 0. The van der Waals surface area contributed by atoms with Crippen LogP contribution in [0.4, 0.5) is 0 Å². The normalized spacial score (nSPS) is 20.8.